The summed E-state index contributed by atoms with van der Waals surface area (Å²) in [5.41, 5.74) is 2.65. The van der Waals surface area contributed by atoms with E-state index in [-0.39, 0.29) is 5.69 Å². The van der Waals surface area contributed by atoms with E-state index in [0.717, 1.165) is 17.9 Å². The van der Waals surface area contributed by atoms with Crippen LogP contribution in [0.5, 0.6) is 0 Å². The topological polar surface area (TPSA) is 60.0 Å². The normalized spacial score (nSPS) is 12.4. The van der Waals surface area contributed by atoms with Crippen LogP contribution in [0.2, 0.25) is 0 Å². The van der Waals surface area contributed by atoms with Gasteiger partial charge in [-0.05, 0) is 23.6 Å². The molecule has 0 fully saturated rings. The fraction of sp³-hybridized carbons (Fsp3) is 0.0769. The van der Waals surface area contributed by atoms with Crippen LogP contribution in [-0.2, 0) is 6.54 Å². The van der Waals surface area contributed by atoms with Gasteiger partial charge in [-0.25, -0.2) is 9.78 Å². The molecule has 0 spiro atoms. The van der Waals surface area contributed by atoms with Gasteiger partial charge in [0.2, 0.25) is 0 Å². The van der Waals surface area contributed by atoms with E-state index in [1.165, 1.54) is 4.88 Å². The summed E-state index contributed by atoms with van der Waals surface area (Å²) in [6.45, 7) is 0.760. The maximum atomic E-state index is 11.3. The lowest BCUT2D eigenvalue weighted by atomic mass is 10.2. The number of hydrogen-bond donors (Lipinski definition) is 1. The van der Waals surface area contributed by atoms with Crippen LogP contribution in [0.15, 0.2) is 36.1 Å². The van der Waals surface area contributed by atoms with Crippen molar-refractivity contribution >= 4 is 17.3 Å². The summed E-state index contributed by atoms with van der Waals surface area (Å²) in [5, 5.41) is 11.3. The molecule has 3 aromatic rings. The lowest BCUT2D eigenvalue weighted by Gasteiger charge is -2.05. The minimum Gasteiger partial charge on any atom is -0.476 e. The highest BCUT2D eigenvalue weighted by Gasteiger charge is 2.26. The second kappa shape index (κ2) is 3.58. The number of rotatable bonds is 1. The molecule has 0 saturated carbocycles. The molecule has 6 heteroatoms. The van der Waals surface area contributed by atoms with Gasteiger partial charge in [-0.15, -0.1) is 11.3 Å². The first-order valence-corrected chi connectivity index (χ1v) is 6.66. The van der Waals surface area contributed by atoms with E-state index in [2.05, 4.69) is 9.55 Å². The standard InChI is InChI=1S/C13H9N3O2S/c17-13(18)11-12-9-2-1-4-15(9)6-10-8(3-5-19-10)16(12)7-14-11/h1-5,7H,6H2,(H,17,18). The molecule has 1 aliphatic heterocycles. The molecule has 0 saturated heterocycles. The number of aromatic carboxylic acids is 1. The molecule has 0 amide bonds. The number of carbonyl (C=O) groups is 1. The van der Waals surface area contributed by atoms with Gasteiger partial charge in [0.25, 0.3) is 0 Å². The zero-order chi connectivity index (χ0) is 13.0. The van der Waals surface area contributed by atoms with Crippen molar-refractivity contribution in [2.24, 2.45) is 0 Å². The summed E-state index contributed by atoms with van der Waals surface area (Å²) in [6.07, 6.45) is 3.56. The highest BCUT2D eigenvalue weighted by molar-refractivity contribution is 7.10. The number of hydrogen-bond acceptors (Lipinski definition) is 3. The predicted molar refractivity (Wildman–Crippen MR) is 70.9 cm³/mol. The first-order chi connectivity index (χ1) is 9.25. The molecule has 4 heterocycles. The van der Waals surface area contributed by atoms with Crippen LogP contribution in [0.25, 0.3) is 17.1 Å². The van der Waals surface area contributed by atoms with Crippen LogP contribution in [0.4, 0.5) is 0 Å². The van der Waals surface area contributed by atoms with E-state index in [9.17, 15) is 9.90 Å². The molecule has 19 heavy (non-hydrogen) atoms. The smallest absolute Gasteiger partial charge is 0.356 e. The van der Waals surface area contributed by atoms with E-state index in [4.69, 9.17) is 0 Å². The third kappa shape index (κ3) is 1.34. The van der Waals surface area contributed by atoms with Crippen LogP contribution in [0.3, 0.4) is 0 Å². The second-order valence-corrected chi connectivity index (χ2v) is 5.37. The Labute approximate surface area is 112 Å². The SMILES string of the molecule is O=C(O)c1ncn2c1-c1cccn1Cc1sccc1-2. The molecular formula is C13H9N3O2S. The van der Waals surface area contributed by atoms with Gasteiger partial charge >= 0.3 is 5.97 Å². The minimum absolute atomic E-state index is 0.0963. The Balaban J connectivity index is 2.13. The number of nitrogens with zero attached hydrogens (tertiary/aromatic N) is 3. The van der Waals surface area contributed by atoms with Crippen LogP contribution in [0.1, 0.15) is 15.4 Å². The van der Waals surface area contributed by atoms with Gasteiger partial charge in [0.05, 0.1) is 17.9 Å². The highest BCUT2D eigenvalue weighted by atomic mass is 32.1. The Hall–Kier alpha value is -2.34. The van der Waals surface area contributed by atoms with E-state index in [1.54, 1.807) is 17.7 Å². The van der Waals surface area contributed by atoms with Crippen molar-refractivity contribution in [3.05, 3.63) is 46.7 Å². The molecule has 0 radical (unpaired) electrons. The molecule has 1 aliphatic rings. The summed E-state index contributed by atoms with van der Waals surface area (Å²) in [6, 6.07) is 5.86. The Morgan fingerprint density at radius 1 is 1.42 bits per heavy atom. The van der Waals surface area contributed by atoms with Gasteiger partial charge in [-0.1, -0.05) is 0 Å². The molecule has 1 N–H and O–H groups in total. The number of aromatic nitrogens is 3. The molecule has 3 aromatic heterocycles. The Bertz CT molecular complexity index is 797. The third-order valence-electron chi connectivity index (χ3n) is 3.34. The molecular weight excluding hydrogens is 262 g/mol. The van der Waals surface area contributed by atoms with Gasteiger partial charge in [0.1, 0.15) is 12.0 Å². The second-order valence-electron chi connectivity index (χ2n) is 4.37. The van der Waals surface area contributed by atoms with Gasteiger partial charge in [-0.3, -0.25) is 4.57 Å². The summed E-state index contributed by atoms with van der Waals surface area (Å²) in [5.74, 6) is -1.000. The maximum Gasteiger partial charge on any atom is 0.356 e. The molecule has 4 rings (SSSR count). The molecule has 0 atom stereocenters. The lowest BCUT2D eigenvalue weighted by molar-refractivity contribution is 0.0692. The van der Waals surface area contributed by atoms with Crippen molar-refractivity contribution in [2.75, 3.05) is 0 Å². The molecule has 0 aliphatic carbocycles. The number of fused-ring (bicyclic) bond motifs is 5. The zero-order valence-electron chi connectivity index (χ0n) is 9.78. The number of thiophene rings is 1. The predicted octanol–water partition coefficient (Wildman–Crippen LogP) is 2.46. The van der Waals surface area contributed by atoms with Gasteiger partial charge in [0, 0.05) is 11.1 Å². The highest BCUT2D eigenvalue weighted by Crippen LogP contribution is 2.34. The van der Waals surface area contributed by atoms with Gasteiger partial charge < -0.3 is 9.67 Å². The first kappa shape index (κ1) is 10.6. The van der Waals surface area contributed by atoms with Crippen molar-refractivity contribution in [3.8, 4) is 17.1 Å². The van der Waals surface area contributed by atoms with E-state index in [0.29, 0.717) is 5.69 Å². The van der Waals surface area contributed by atoms with Crippen molar-refractivity contribution in [1.82, 2.24) is 14.1 Å². The van der Waals surface area contributed by atoms with Crippen molar-refractivity contribution < 1.29 is 9.90 Å². The van der Waals surface area contributed by atoms with Crippen LogP contribution < -0.4 is 0 Å². The Morgan fingerprint density at radius 2 is 2.32 bits per heavy atom. The third-order valence-corrected chi connectivity index (χ3v) is 4.23. The van der Waals surface area contributed by atoms with Crippen molar-refractivity contribution in [3.63, 3.8) is 0 Å². The first-order valence-electron chi connectivity index (χ1n) is 5.78. The number of carboxylic acid groups (broad SMARTS) is 1. The van der Waals surface area contributed by atoms with Crippen LogP contribution in [0, 0.1) is 0 Å². The zero-order valence-corrected chi connectivity index (χ0v) is 10.6. The van der Waals surface area contributed by atoms with Crippen LogP contribution in [-0.4, -0.2) is 25.2 Å². The van der Waals surface area contributed by atoms with Gasteiger partial charge in [0.15, 0.2) is 5.69 Å². The fourth-order valence-electron chi connectivity index (χ4n) is 2.52. The summed E-state index contributed by atoms with van der Waals surface area (Å²) >= 11 is 1.67. The summed E-state index contributed by atoms with van der Waals surface area (Å²) in [4.78, 5) is 16.6. The van der Waals surface area contributed by atoms with Crippen LogP contribution >= 0.6 is 11.3 Å². The lowest BCUT2D eigenvalue weighted by Crippen LogP contribution is -2.03. The summed E-state index contributed by atoms with van der Waals surface area (Å²) < 4.78 is 3.93. The van der Waals surface area contributed by atoms with Crippen molar-refractivity contribution in [2.45, 2.75) is 6.54 Å². The fourth-order valence-corrected chi connectivity index (χ4v) is 3.38. The van der Waals surface area contributed by atoms with Crippen molar-refractivity contribution in [1.29, 1.82) is 0 Å². The molecule has 0 unspecified atom stereocenters. The van der Waals surface area contributed by atoms with Gasteiger partial charge in [-0.2, -0.15) is 0 Å². The van der Waals surface area contributed by atoms with E-state index < -0.39 is 5.97 Å². The maximum absolute atomic E-state index is 11.3. The molecule has 0 bridgehead atoms. The summed E-state index contributed by atoms with van der Waals surface area (Å²) in [7, 11) is 0. The molecule has 94 valence electrons. The molecule has 5 nitrogen and oxygen atoms in total. The Kier molecular flexibility index (Phi) is 1.99. The number of carboxylic acids is 1. The Morgan fingerprint density at radius 3 is 3.16 bits per heavy atom. The number of imidazole rings is 1. The van der Waals surface area contributed by atoms with E-state index >= 15 is 0 Å². The van der Waals surface area contributed by atoms with E-state index in [1.807, 2.05) is 34.3 Å². The average molecular weight is 271 g/mol. The average Bonchev–Trinajstić information content (AvgIpc) is 3.06. The molecule has 0 aromatic carbocycles. The minimum atomic E-state index is -1.000. The largest absolute Gasteiger partial charge is 0.476 e. The monoisotopic (exact) mass is 271 g/mol. The quantitative estimate of drug-likeness (QED) is 0.578.